The Kier molecular flexibility index (Phi) is 1.88. The summed E-state index contributed by atoms with van der Waals surface area (Å²) in [4.78, 5) is 25.1. The van der Waals surface area contributed by atoms with E-state index in [1.807, 2.05) is 13.0 Å². The average Bonchev–Trinajstić information content (AvgIpc) is 2.74. The number of nitrogens with zero attached hydrogens (tertiary/aromatic N) is 1. The SMILES string of the molecule is Cc1ccc2c(c1)C[C@@]1(C2)C(=O)NC(=O)N1C. The summed E-state index contributed by atoms with van der Waals surface area (Å²) in [5, 5.41) is 2.40. The predicted octanol–water partition coefficient (Wildman–Crippen LogP) is 1.01. The Balaban J connectivity index is 2.05. The summed E-state index contributed by atoms with van der Waals surface area (Å²) in [6.07, 6.45) is 1.24. The maximum Gasteiger partial charge on any atom is 0.324 e. The van der Waals surface area contributed by atoms with Gasteiger partial charge in [0.05, 0.1) is 0 Å². The Morgan fingerprint density at radius 3 is 2.59 bits per heavy atom. The molecule has 0 radical (unpaired) electrons. The van der Waals surface area contributed by atoms with E-state index in [0.29, 0.717) is 12.8 Å². The molecule has 17 heavy (non-hydrogen) atoms. The van der Waals surface area contributed by atoms with Gasteiger partial charge in [-0.05, 0) is 18.1 Å². The number of carbonyl (C=O) groups is 2. The van der Waals surface area contributed by atoms with E-state index < -0.39 is 5.54 Å². The van der Waals surface area contributed by atoms with Crippen molar-refractivity contribution in [1.82, 2.24) is 10.2 Å². The molecule has 4 heteroatoms. The second kappa shape index (κ2) is 3.09. The lowest BCUT2D eigenvalue weighted by molar-refractivity contribution is -0.125. The third-order valence-corrected chi connectivity index (χ3v) is 3.92. The van der Waals surface area contributed by atoms with Crippen LogP contribution in [0.5, 0.6) is 0 Å². The van der Waals surface area contributed by atoms with E-state index in [0.717, 1.165) is 0 Å². The van der Waals surface area contributed by atoms with Crippen molar-refractivity contribution in [2.24, 2.45) is 0 Å². The van der Waals surface area contributed by atoms with E-state index >= 15 is 0 Å². The molecule has 1 saturated heterocycles. The molecule has 2 aliphatic rings. The van der Waals surface area contributed by atoms with Crippen molar-refractivity contribution in [2.75, 3.05) is 7.05 Å². The fraction of sp³-hybridized carbons (Fsp3) is 0.385. The minimum absolute atomic E-state index is 0.168. The molecule has 1 aliphatic heterocycles. The Hall–Kier alpha value is -1.84. The van der Waals surface area contributed by atoms with Crippen LogP contribution in [0.1, 0.15) is 16.7 Å². The fourth-order valence-electron chi connectivity index (χ4n) is 2.83. The molecule has 0 unspecified atom stereocenters. The number of imide groups is 1. The molecule has 1 N–H and O–H groups in total. The lowest BCUT2D eigenvalue weighted by Crippen LogP contribution is -2.48. The molecule has 1 aromatic rings. The van der Waals surface area contributed by atoms with Crippen molar-refractivity contribution in [3.8, 4) is 0 Å². The summed E-state index contributed by atoms with van der Waals surface area (Å²) in [6.45, 7) is 2.04. The molecule has 1 heterocycles. The molecule has 1 atom stereocenters. The summed E-state index contributed by atoms with van der Waals surface area (Å²) >= 11 is 0. The van der Waals surface area contributed by atoms with Gasteiger partial charge < -0.3 is 4.90 Å². The monoisotopic (exact) mass is 230 g/mol. The van der Waals surface area contributed by atoms with E-state index in [4.69, 9.17) is 0 Å². The number of nitrogens with one attached hydrogen (secondary N) is 1. The zero-order valence-corrected chi connectivity index (χ0v) is 9.91. The summed E-state index contributed by atoms with van der Waals surface area (Å²) in [5.41, 5.74) is 2.86. The van der Waals surface area contributed by atoms with Crippen LogP contribution in [-0.2, 0) is 17.6 Å². The Labute approximate surface area is 99.6 Å². The van der Waals surface area contributed by atoms with E-state index in [9.17, 15) is 9.59 Å². The van der Waals surface area contributed by atoms with Crippen LogP contribution in [0.4, 0.5) is 4.79 Å². The van der Waals surface area contributed by atoms with Crippen LogP contribution in [0.25, 0.3) is 0 Å². The van der Waals surface area contributed by atoms with Gasteiger partial charge in [-0.2, -0.15) is 0 Å². The number of benzene rings is 1. The Morgan fingerprint density at radius 2 is 1.94 bits per heavy atom. The smallest absolute Gasteiger partial charge is 0.312 e. The van der Waals surface area contributed by atoms with Crippen molar-refractivity contribution in [2.45, 2.75) is 25.3 Å². The molecule has 1 fully saturated rings. The van der Waals surface area contributed by atoms with E-state index in [2.05, 4.69) is 17.4 Å². The Bertz CT molecular complexity index is 538. The molecular formula is C13H14N2O2. The van der Waals surface area contributed by atoms with Crippen LogP contribution >= 0.6 is 0 Å². The van der Waals surface area contributed by atoms with Crippen LogP contribution in [0.3, 0.4) is 0 Å². The number of hydrogen-bond acceptors (Lipinski definition) is 2. The van der Waals surface area contributed by atoms with Crippen molar-refractivity contribution in [3.63, 3.8) is 0 Å². The lowest BCUT2D eigenvalue weighted by atomic mass is 9.95. The van der Waals surface area contributed by atoms with Crippen molar-refractivity contribution in [1.29, 1.82) is 0 Å². The number of urea groups is 1. The average molecular weight is 230 g/mol. The first-order valence-corrected chi connectivity index (χ1v) is 5.70. The van der Waals surface area contributed by atoms with Crippen molar-refractivity contribution in [3.05, 3.63) is 34.9 Å². The van der Waals surface area contributed by atoms with Gasteiger partial charge in [-0.25, -0.2) is 4.79 Å². The molecule has 1 aliphatic carbocycles. The normalized spacial score (nSPS) is 26.6. The van der Waals surface area contributed by atoms with Gasteiger partial charge >= 0.3 is 6.03 Å². The van der Waals surface area contributed by atoms with Gasteiger partial charge in [-0.1, -0.05) is 23.8 Å². The van der Waals surface area contributed by atoms with Gasteiger partial charge in [0, 0.05) is 19.9 Å². The second-order valence-electron chi connectivity index (χ2n) is 4.98. The molecule has 1 aromatic carbocycles. The molecule has 0 bridgehead atoms. The summed E-state index contributed by atoms with van der Waals surface area (Å²) in [6, 6.07) is 5.92. The van der Waals surface area contributed by atoms with Crippen molar-refractivity contribution < 1.29 is 9.59 Å². The molecule has 3 rings (SSSR count). The highest BCUT2D eigenvalue weighted by atomic mass is 16.2. The standard InChI is InChI=1S/C13H14N2O2/c1-8-3-4-9-6-13(7-10(9)5-8)11(16)14-12(17)15(13)2/h3-5H,6-7H2,1-2H3,(H,14,16,17)/t13-/m0/s1. The predicted molar refractivity (Wildman–Crippen MR) is 62.6 cm³/mol. The number of fused-ring (bicyclic) bond motifs is 1. The van der Waals surface area contributed by atoms with Crippen LogP contribution in [0.15, 0.2) is 18.2 Å². The molecule has 88 valence electrons. The second-order valence-corrected chi connectivity index (χ2v) is 4.98. The minimum atomic E-state index is -0.687. The highest BCUT2D eigenvalue weighted by Crippen LogP contribution is 2.37. The van der Waals surface area contributed by atoms with Crippen LogP contribution < -0.4 is 5.32 Å². The number of carbonyl (C=O) groups excluding carboxylic acids is 2. The summed E-state index contributed by atoms with van der Waals surface area (Å²) in [7, 11) is 1.69. The largest absolute Gasteiger partial charge is 0.324 e. The number of aryl methyl sites for hydroxylation is 1. The topological polar surface area (TPSA) is 49.4 Å². The van der Waals surface area contributed by atoms with E-state index in [1.165, 1.54) is 16.7 Å². The molecule has 3 amide bonds. The first kappa shape index (κ1) is 10.3. The lowest BCUT2D eigenvalue weighted by Gasteiger charge is -2.27. The van der Waals surface area contributed by atoms with Gasteiger partial charge in [0.1, 0.15) is 5.54 Å². The van der Waals surface area contributed by atoms with Gasteiger partial charge in [0.25, 0.3) is 5.91 Å². The zero-order chi connectivity index (χ0) is 12.2. The Morgan fingerprint density at radius 1 is 1.24 bits per heavy atom. The van der Waals surface area contributed by atoms with Crippen LogP contribution in [0.2, 0.25) is 0 Å². The number of amides is 3. The third-order valence-electron chi connectivity index (χ3n) is 3.92. The fourth-order valence-corrected chi connectivity index (χ4v) is 2.83. The van der Waals surface area contributed by atoms with Crippen LogP contribution in [0, 0.1) is 6.92 Å². The molecule has 1 spiro atoms. The minimum Gasteiger partial charge on any atom is -0.312 e. The number of likely N-dealkylation sites (N-methyl/N-ethyl adjacent to an activating group) is 1. The third kappa shape index (κ3) is 1.24. The van der Waals surface area contributed by atoms with Gasteiger partial charge in [-0.15, -0.1) is 0 Å². The molecule has 0 aromatic heterocycles. The van der Waals surface area contributed by atoms with Gasteiger partial charge in [-0.3, -0.25) is 10.1 Å². The van der Waals surface area contributed by atoms with Gasteiger partial charge in [0.15, 0.2) is 0 Å². The maximum atomic E-state index is 12.0. The zero-order valence-electron chi connectivity index (χ0n) is 9.91. The molecule has 0 saturated carbocycles. The maximum absolute atomic E-state index is 12.0. The number of rotatable bonds is 0. The summed E-state index contributed by atoms with van der Waals surface area (Å²) in [5.74, 6) is -0.168. The van der Waals surface area contributed by atoms with E-state index in [-0.39, 0.29) is 11.9 Å². The van der Waals surface area contributed by atoms with Gasteiger partial charge in [0.2, 0.25) is 0 Å². The summed E-state index contributed by atoms with van der Waals surface area (Å²) < 4.78 is 0. The molecular weight excluding hydrogens is 216 g/mol. The van der Waals surface area contributed by atoms with Crippen LogP contribution in [-0.4, -0.2) is 29.4 Å². The highest BCUT2D eigenvalue weighted by Gasteiger charge is 2.54. The highest BCUT2D eigenvalue weighted by molar-refractivity contribution is 6.07. The van der Waals surface area contributed by atoms with Crippen molar-refractivity contribution >= 4 is 11.9 Å². The number of hydrogen-bond donors (Lipinski definition) is 1. The molecule has 4 nitrogen and oxygen atoms in total. The first-order valence-electron chi connectivity index (χ1n) is 5.70. The quantitative estimate of drug-likeness (QED) is 0.676. The van der Waals surface area contributed by atoms with E-state index in [1.54, 1.807) is 11.9 Å². The first-order chi connectivity index (χ1) is 8.03.